The van der Waals surface area contributed by atoms with E-state index in [1.807, 2.05) is 19.1 Å². The van der Waals surface area contributed by atoms with Gasteiger partial charge in [-0.1, -0.05) is 55.5 Å². The van der Waals surface area contributed by atoms with Crippen LogP contribution in [0.15, 0.2) is 66.7 Å². The summed E-state index contributed by atoms with van der Waals surface area (Å²) < 4.78 is 6.29. The summed E-state index contributed by atoms with van der Waals surface area (Å²) in [6, 6.07) is 17.5. The van der Waals surface area contributed by atoms with Gasteiger partial charge in [-0.15, -0.1) is 0 Å². The second-order valence-electron chi connectivity index (χ2n) is 9.82. The lowest BCUT2D eigenvalue weighted by Crippen LogP contribution is -2.51. The largest absolute Gasteiger partial charge is 0.349 e. The molecule has 2 amide bonds. The molecule has 1 aliphatic carbocycles. The fourth-order valence-electron chi connectivity index (χ4n) is 6.00. The van der Waals surface area contributed by atoms with Gasteiger partial charge in [0.25, 0.3) is 5.69 Å². The molecule has 0 N–H and O–H groups in total. The van der Waals surface area contributed by atoms with E-state index in [-0.39, 0.29) is 22.5 Å². The van der Waals surface area contributed by atoms with Crippen LogP contribution in [0.1, 0.15) is 50.4 Å². The molecule has 3 unspecified atom stereocenters. The van der Waals surface area contributed by atoms with Crippen molar-refractivity contribution in [3.8, 4) is 0 Å². The van der Waals surface area contributed by atoms with Crippen molar-refractivity contribution in [2.45, 2.75) is 32.0 Å². The number of imide groups is 1. The lowest BCUT2D eigenvalue weighted by atomic mass is 9.77. The highest BCUT2D eigenvalue weighted by Gasteiger charge is 2.74. The number of anilines is 1. The first-order valence-corrected chi connectivity index (χ1v) is 12.3. The Balaban J connectivity index is 1.52. The van der Waals surface area contributed by atoms with Crippen LogP contribution in [-0.4, -0.2) is 33.9 Å². The molecule has 9 heteroatoms. The molecule has 0 saturated carbocycles. The number of amides is 2. The molecule has 2 fully saturated rings. The number of rotatable bonds is 4. The van der Waals surface area contributed by atoms with Gasteiger partial charge in [-0.05, 0) is 36.1 Å². The first-order valence-electron chi connectivity index (χ1n) is 12.3. The van der Waals surface area contributed by atoms with E-state index in [0.717, 1.165) is 16.9 Å². The first kappa shape index (κ1) is 23.9. The average Bonchev–Trinajstić information content (AvgIpc) is 3.49. The molecule has 1 spiro atoms. The predicted molar refractivity (Wildman–Crippen MR) is 135 cm³/mol. The molecule has 0 bridgehead atoms. The van der Waals surface area contributed by atoms with Crippen LogP contribution in [0.2, 0.25) is 0 Å². The lowest BCUT2D eigenvalue weighted by molar-refractivity contribution is -0.384. The Morgan fingerprint density at radius 3 is 2.11 bits per heavy atom. The third-order valence-corrected chi connectivity index (χ3v) is 7.87. The van der Waals surface area contributed by atoms with Crippen molar-refractivity contribution >= 4 is 34.8 Å². The molecular weight excluding hydrogens is 488 g/mol. The van der Waals surface area contributed by atoms with E-state index >= 15 is 0 Å². The van der Waals surface area contributed by atoms with Crippen LogP contribution in [0.3, 0.4) is 0 Å². The number of Topliss-reactive ketones (excluding diaryl/α,β-unsaturated/α-hetero) is 2. The van der Waals surface area contributed by atoms with Gasteiger partial charge in [0.15, 0.2) is 0 Å². The number of carbonyl (C=O) groups excluding carboxylic acids is 4. The number of aryl methyl sites for hydroxylation is 2. The molecule has 0 radical (unpaired) electrons. The van der Waals surface area contributed by atoms with E-state index < -0.39 is 51.8 Å². The van der Waals surface area contributed by atoms with Crippen molar-refractivity contribution in [3.05, 3.63) is 105 Å². The predicted octanol–water partition coefficient (Wildman–Crippen LogP) is 4.16. The van der Waals surface area contributed by atoms with E-state index in [1.165, 1.54) is 30.3 Å². The number of nitrogens with zero attached hydrogens (tertiary/aromatic N) is 2. The summed E-state index contributed by atoms with van der Waals surface area (Å²) >= 11 is 0. The molecule has 0 aromatic heterocycles. The molecular formula is C29H22N2O7. The van der Waals surface area contributed by atoms with Crippen molar-refractivity contribution in [2.75, 3.05) is 4.90 Å². The normalized spacial score (nSPS) is 23.3. The zero-order valence-corrected chi connectivity index (χ0v) is 20.5. The molecule has 2 saturated heterocycles. The Kier molecular flexibility index (Phi) is 5.19. The van der Waals surface area contributed by atoms with Crippen LogP contribution in [-0.2, 0) is 20.7 Å². The van der Waals surface area contributed by atoms with Gasteiger partial charge in [0.05, 0.1) is 28.6 Å². The van der Waals surface area contributed by atoms with Gasteiger partial charge in [0, 0.05) is 23.3 Å². The second-order valence-corrected chi connectivity index (χ2v) is 9.82. The minimum atomic E-state index is -2.17. The highest BCUT2D eigenvalue weighted by Crippen LogP contribution is 2.58. The number of benzene rings is 3. The topological polar surface area (TPSA) is 124 Å². The van der Waals surface area contributed by atoms with Gasteiger partial charge < -0.3 is 4.74 Å². The first-order chi connectivity index (χ1) is 18.2. The van der Waals surface area contributed by atoms with Crippen molar-refractivity contribution in [2.24, 2.45) is 11.8 Å². The number of hydrogen-bond acceptors (Lipinski definition) is 7. The Bertz CT molecular complexity index is 1540. The summed E-state index contributed by atoms with van der Waals surface area (Å²) in [5, 5.41) is 11.2. The summed E-state index contributed by atoms with van der Waals surface area (Å²) in [5.74, 6) is -5.14. The molecule has 2 aliphatic heterocycles. The number of nitro benzene ring substituents is 1. The average molecular weight is 511 g/mol. The Morgan fingerprint density at radius 1 is 0.921 bits per heavy atom. The number of fused-ring (bicyclic) bond motifs is 3. The molecule has 2 heterocycles. The number of ketones is 2. The molecule has 190 valence electrons. The SMILES string of the molecule is CCc1ccc(C2OC3(C(=O)c4ccccc4C3=O)C3C(=O)N(c4ccc([N+](=O)[O-])cc4C)C(=O)C23)cc1. The maximum Gasteiger partial charge on any atom is 0.269 e. The Morgan fingerprint density at radius 2 is 1.55 bits per heavy atom. The van der Waals surface area contributed by atoms with Crippen molar-refractivity contribution in [1.29, 1.82) is 0 Å². The minimum Gasteiger partial charge on any atom is -0.349 e. The third kappa shape index (κ3) is 3.02. The van der Waals surface area contributed by atoms with E-state index in [9.17, 15) is 29.3 Å². The van der Waals surface area contributed by atoms with Crippen LogP contribution in [0.4, 0.5) is 11.4 Å². The highest BCUT2D eigenvalue weighted by atomic mass is 16.6. The van der Waals surface area contributed by atoms with Crippen LogP contribution in [0.5, 0.6) is 0 Å². The van der Waals surface area contributed by atoms with Gasteiger partial charge in [0.2, 0.25) is 29.0 Å². The fourth-order valence-corrected chi connectivity index (χ4v) is 6.00. The standard InChI is InChI=1S/C29H22N2O7/c1-3-16-8-10-17(11-9-16)24-22-23(29(38-24)25(32)19-6-4-5-7-20(19)26(29)33)28(35)30(27(22)34)21-13-12-18(31(36)37)14-15(21)2/h4-14,22-24H,3H2,1-2H3. The van der Waals surface area contributed by atoms with Crippen LogP contribution < -0.4 is 4.90 Å². The van der Waals surface area contributed by atoms with Gasteiger partial charge in [0.1, 0.15) is 0 Å². The summed E-state index contributed by atoms with van der Waals surface area (Å²) in [4.78, 5) is 67.3. The quantitative estimate of drug-likeness (QED) is 0.223. The molecule has 6 rings (SSSR count). The molecule has 3 aromatic rings. The number of nitro groups is 1. The number of non-ortho nitro benzene ring substituents is 1. The summed E-state index contributed by atoms with van der Waals surface area (Å²) in [6.45, 7) is 3.56. The maximum atomic E-state index is 14.0. The zero-order chi connectivity index (χ0) is 26.9. The van der Waals surface area contributed by atoms with Gasteiger partial charge in [-0.2, -0.15) is 0 Å². The van der Waals surface area contributed by atoms with E-state index in [2.05, 4.69) is 0 Å². The van der Waals surface area contributed by atoms with Gasteiger partial charge in [-0.25, -0.2) is 4.90 Å². The molecule has 38 heavy (non-hydrogen) atoms. The molecule has 3 atom stereocenters. The summed E-state index contributed by atoms with van der Waals surface area (Å²) in [7, 11) is 0. The second kappa shape index (κ2) is 8.26. The smallest absolute Gasteiger partial charge is 0.269 e. The molecule has 9 nitrogen and oxygen atoms in total. The number of hydrogen-bond donors (Lipinski definition) is 0. The Hall–Kier alpha value is -4.50. The molecule has 3 aliphatic rings. The van der Waals surface area contributed by atoms with Crippen molar-refractivity contribution in [1.82, 2.24) is 0 Å². The van der Waals surface area contributed by atoms with Crippen LogP contribution >= 0.6 is 0 Å². The van der Waals surface area contributed by atoms with E-state index in [1.54, 1.807) is 31.2 Å². The summed E-state index contributed by atoms with van der Waals surface area (Å²) in [5.41, 5.74) is 0.100. The highest BCUT2D eigenvalue weighted by molar-refractivity contribution is 6.37. The summed E-state index contributed by atoms with van der Waals surface area (Å²) in [6.07, 6.45) is -0.230. The van der Waals surface area contributed by atoms with Crippen molar-refractivity contribution < 1.29 is 28.8 Å². The van der Waals surface area contributed by atoms with Gasteiger partial charge in [-0.3, -0.25) is 29.3 Å². The number of carbonyl (C=O) groups is 4. The zero-order valence-electron chi connectivity index (χ0n) is 20.5. The molecule has 3 aromatic carbocycles. The maximum absolute atomic E-state index is 14.0. The van der Waals surface area contributed by atoms with Gasteiger partial charge >= 0.3 is 0 Å². The van der Waals surface area contributed by atoms with E-state index in [4.69, 9.17) is 4.74 Å². The van der Waals surface area contributed by atoms with Crippen molar-refractivity contribution in [3.63, 3.8) is 0 Å². The van der Waals surface area contributed by atoms with Crippen LogP contribution in [0, 0.1) is 28.9 Å². The third-order valence-electron chi connectivity index (χ3n) is 7.87. The number of ether oxygens (including phenoxy) is 1. The Labute approximate surface area is 217 Å². The fraction of sp³-hybridized carbons (Fsp3) is 0.241. The van der Waals surface area contributed by atoms with Crippen LogP contribution in [0.25, 0.3) is 0 Å². The lowest BCUT2D eigenvalue weighted by Gasteiger charge is -2.27. The monoisotopic (exact) mass is 510 g/mol. The minimum absolute atomic E-state index is 0.156. The van der Waals surface area contributed by atoms with E-state index in [0.29, 0.717) is 11.1 Å².